The molecule has 1 amide bonds. The Hall–Kier alpha value is -1.10. The van der Waals surface area contributed by atoms with Gasteiger partial charge in [0, 0.05) is 6.54 Å². The zero-order chi connectivity index (χ0) is 12.2. The molecule has 0 aromatic rings. The average Bonchev–Trinajstić information content (AvgIpc) is 2.16. The summed E-state index contributed by atoms with van der Waals surface area (Å²) in [6.45, 7) is 6.91. The van der Waals surface area contributed by atoms with Gasteiger partial charge in [0.05, 0.1) is 6.04 Å². The van der Waals surface area contributed by atoms with Crippen molar-refractivity contribution in [2.45, 2.75) is 39.3 Å². The number of hydrogen-bond donors (Lipinski definition) is 2. The molecule has 0 heterocycles. The number of nitrogens with one attached hydrogen (secondary N) is 1. The molecule has 0 aromatic heterocycles. The maximum atomic E-state index is 11.9. The number of hydrogen-bond acceptors (Lipinski definition) is 3. The fraction of sp³-hybridized carbons (Fsp3) is 0.800. The van der Waals surface area contributed by atoms with Crippen molar-refractivity contribution in [3.05, 3.63) is 0 Å². The van der Waals surface area contributed by atoms with Gasteiger partial charge in [0.25, 0.3) is 0 Å². The van der Waals surface area contributed by atoms with Gasteiger partial charge in [-0.3, -0.25) is 4.79 Å². The summed E-state index contributed by atoms with van der Waals surface area (Å²) in [6.07, 6.45) is 0. The summed E-state index contributed by atoms with van der Waals surface area (Å²) < 4.78 is 0. The molecule has 0 saturated heterocycles. The molecule has 0 aliphatic heterocycles. The first-order valence-corrected chi connectivity index (χ1v) is 5.01. The number of amides is 1. The minimum Gasteiger partial charge on any atom is -0.480 e. The summed E-state index contributed by atoms with van der Waals surface area (Å²) in [5, 5.41) is 11.8. The van der Waals surface area contributed by atoms with Crippen LogP contribution >= 0.6 is 0 Å². The summed E-state index contributed by atoms with van der Waals surface area (Å²) in [7, 11) is 1.67. The second kappa shape index (κ2) is 5.11. The van der Waals surface area contributed by atoms with E-state index in [1.807, 2.05) is 0 Å². The SMILES string of the molecule is CCN(C(=O)C(C)NC)C(C)(C)C(=O)O. The molecule has 0 rings (SSSR count). The van der Waals surface area contributed by atoms with Crippen molar-refractivity contribution in [3.63, 3.8) is 0 Å². The van der Waals surface area contributed by atoms with Gasteiger partial charge >= 0.3 is 5.97 Å². The number of nitrogens with zero attached hydrogens (tertiary/aromatic N) is 1. The van der Waals surface area contributed by atoms with Crippen LogP contribution in [0.1, 0.15) is 27.7 Å². The number of carboxylic acid groups (broad SMARTS) is 1. The van der Waals surface area contributed by atoms with Gasteiger partial charge in [-0.15, -0.1) is 0 Å². The molecule has 0 radical (unpaired) electrons. The van der Waals surface area contributed by atoms with Gasteiger partial charge in [0.1, 0.15) is 5.54 Å². The molecular weight excluding hydrogens is 196 g/mol. The summed E-state index contributed by atoms with van der Waals surface area (Å²) in [5.41, 5.74) is -1.17. The third-order valence-electron chi connectivity index (χ3n) is 2.58. The first-order chi connectivity index (χ1) is 6.78. The quantitative estimate of drug-likeness (QED) is 0.693. The van der Waals surface area contributed by atoms with Crippen LogP contribution in [0.5, 0.6) is 0 Å². The van der Waals surface area contributed by atoms with E-state index in [2.05, 4.69) is 5.32 Å². The van der Waals surface area contributed by atoms with Crippen LogP contribution < -0.4 is 5.32 Å². The van der Waals surface area contributed by atoms with E-state index in [0.717, 1.165) is 0 Å². The predicted molar refractivity (Wildman–Crippen MR) is 57.6 cm³/mol. The van der Waals surface area contributed by atoms with E-state index in [0.29, 0.717) is 6.54 Å². The number of carboxylic acids is 1. The molecule has 1 atom stereocenters. The lowest BCUT2D eigenvalue weighted by atomic mass is 10.0. The normalized spacial score (nSPS) is 13.4. The van der Waals surface area contributed by atoms with Crippen LogP contribution in [-0.2, 0) is 9.59 Å². The van der Waals surface area contributed by atoms with Gasteiger partial charge < -0.3 is 15.3 Å². The summed E-state index contributed by atoms with van der Waals surface area (Å²) in [5.74, 6) is -1.20. The van der Waals surface area contributed by atoms with Crippen LogP contribution in [0.15, 0.2) is 0 Å². The van der Waals surface area contributed by atoms with Crippen molar-refractivity contribution in [2.24, 2.45) is 0 Å². The lowest BCUT2D eigenvalue weighted by Crippen LogP contribution is -2.57. The van der Waals surface area contributed by atoms with Gasteiger partial charge in [-0.05, 0) is 34.7 Å². The maximum absolute atomic E-state index is 11.9. The molecule has 0 saturated carbocycles. The van der Waals surface area contributed by atoms with Crippen molar-refractivity contribution < 1.29 is 14.7 Å². The molecule has 0 spiro atoms. The minimum atomic E-state index is -1.17. The van der Waals surface area contributed by atoms with E-state index in [1.54, 1.807) is 20.9 Å². The Labute approximate surface area is 90.5 Å². The molecule has 0 aromatic carbocycles. The topological polar surface area (TPSA) is 69.6 Å². The smallest absolute Gasteiger partial charge is 0.329 e. The Morgan fingerprint density at radius 3 is 2.20 bits per heavy atom. The molecule has 15 heavy (non-hydrogen) atoms. The summed E-state index contributed by atoms with van der Waals surface area (Å²) >= 11 is 0. The molecule has 0 aliphatic carbocycles. The molecule has 5 heteroatoms. The molecule has 0 fully saturated rings. The zero-order valence-electron chi connectivity index (χ0n) is 10.00. The van der Waals surface area contributed by atoms with Gasteiger partial charge in [-0.1, -0.05) is 0 Å². The van der Waals surface area contributed by atoms with Crippen molar-refractivity contribution in [3.8, 4) is 0 Å². The number of rotatable bonds is 5. The van der Waals surface area contributed by atoms with Crippen LogP contribution in [0.25, 0.3) is 0 Å². The van der Waals surface area contributed by atoms with Gasteiger partial charge in [-0.2, -0.15) is 0 Å². The highest BCUT2D eigenvalue weighted by Gasteiger charge is 2.37. The van der Waals surface area contributed by atoms with Crippen LogP contribution in [0, 0.1) is 0 Å². The standard InChI is InChI=1S/C10H20N2O3/c1-6-12(8(13)7(2)11-5)10(3,4)9(14)15/h7,11H,6H2,1-5H3,(H,14,15). The van der Waals surface area contributed by atoms with E-state index in [9.17, 15) is 9.59 Å². The number of aliphatic carboxylic acids is 1. The lowest BCUT2D eigenvalue weighted by Gasteiger charge is -2.35. The molecular formula is C10H20N2O3. The van der Waals surface area contributed by atoms with Crippen molar-refractivity contribution in [1.29, 1.82) is 0 Å². The maximum Gasteiger partial charge on any atom is 0.329 e. The van der Waals surface area contributed by atoms with E-state index < -0.39 is 11.5 Å². The van der Waals surface area contributed by atoms with Gasteiger partial charge in [0.15, 0.2) is 0 Å². The van der Waals surface area contributed by atoms with Crippen LogP contribution in [0.4, 0.5) is 0 Å². The molecule has 5 nitrogen and oxygen atoms in total. The molecule has 0 bridgehead atoms. The molecule has 0 aliphatic rings. The highest BCUT2D eigenvalue weighted by molar-refractivity contribution is 5.88. The Morgan fingerprint density at radius 2 is 1.93 bits per heavy atom. The average molecular weight is 216 g/mol. The second-order valence-electron chi connectivity index (χ2n) is 3.96. The fourth-order valence-corrected chi connectivity index (χ4v) is 1.30. The Morgan fingerprint density at radius 1 is 1.47 bits per heavy atom. The lowest BCUT2D eigenvalue weighted by molar-refractivity contribution is -0.157. The molecule has 1 unspecified atom stereocenters. The first kappa shape index (κ1) is 13.9. The van der Waals surface area contributed by atoms with Crippen molar-refractivity contribution in [2.75, 3.05) is 13.6 Å². The molecule has 2 N–H and O–H groups in total. The van der Waals surface area contributed by atoms with Crippen LogP contribution in [-0.4, -0.2) is 47.1 Å². The summed E-state index contributed by atoms with van der Waals surface area (Å²) in [6, 6.07) is -0.372. The second-order valence-corrected chi connectivity index (χ2v) is 3.96. The minimum absolute atomic E-state index is 0.201. The first-order valence-electron chi connectivity index (χ1n) is 5.01. The molecule has 88 valence electrons. The summed E-state index contributed by atoms with van der Waals surface area (Å²) in [4.78, 5) is 24.2. The third kappa shape index (κ3) is 2.92. The Kier molecular flexibility index (Phi) is 4.74. The van der Waals surface area contributed by atoms with Crippen LogP contribution in [0.2, 0.25) is 0 Å². The zero-order valence-corrected chi connectivity index (χ0v) is 10.00. The largest absolute Gasteiger partial charge is 0.480 e. The van der Waals surface area contributed by atoms with E-state index in [1.165, 1.54) is 18.7 Å². The van der Waals surface area contributed by atoms with E-state index >= 15 is 0 Å². The Bertz CT molecular complexity index is 251. The number of carbonyl (C=O) groups is 2. The van der Waals surface area contributed by atoms with Gasteiger partial charge in [0.2, 0.25) is 5.91 Å². The van der Waals surface area contributed by atoms with E-state index in [4.69, 9.17) is 5.11 Å². The van der Waals surface area contributed by atoms with Gasteiger partial charge in [-0.25, -0.2) is 4.79 Å². The number of carbonyl (C=O) groups excluding carboxylic acids is 1. The highest BCUT2D eigenvalue weighted by Crippen LogP contribution is 2.15. The van der Waals surface area contributed by atoms with Crippen LogP contribution in [0.3, 0.4) is 0 Å². The van der Waals surface area contributed by atoms with Crippen molar-refractivity contribution >= 4 is 11.9 Å². The van der Waals surface area contributed by atoms with Crippen molar-refractivity contribution in [1.82, 2.24) is 10.2 Å². The highest BCUT2D eigenvalue weighted by atomic mass is 16.4. The Balaban J connectivity index is 4.91. The monoisotopic (exact) mass is 216 g/mol. The fourth-order valence-electron chi connectivity index (χ4n) is 1.30. The number of likely N-dealkylation sites (N-methyl/N-ethyl adjacent to an activating group) is 2. The van der Waals surface area contributed by atoms with E-state index in [-0.39, 0.29) is 11.9 Å². The predicted octanol–water partition coefficient (Wildman–Crippen LogP) is 0.306. The third-order valence-corrected chi connectivity index (χ3v) is 2.58.